The number of hydrogen-bond donors (Lipinski definition) is 2. The molecular formula is C17H19N3. The first-order chi connectivity index (χ1) is 9.61. The maximum atomic E-state index is 4.05. The molecule has 1 atom stereocenters. The summed E-state index contributed by atoms with van der Waals surface area (Å²) in [4.78, 5) is 0. The number of nitrogens with zero attached hydrogens (tertiary/aromatic N) is 1. The van der Waals surface area contributed by atoms with Crippen LogP contribution in [-0.2, 0) is 0 Å². The molecule has 0 saturated heterocycles. The Balaban J connectivity index is 1.85. The summed E-state index contributed by atoms with van der Waals surface area (Å²) < 4.78 is 0. The molecule has 20 heavy (non-hydrogen) atoms. The number of H-pyrrole nitrogens is 1. The van der Waals surface area contributed by atoms with E-state index in [-0.39, 0.29) is 6.04 Å². The summed E-state index contributed by atoms with van der Waals surface area (Å²) in [5.74, 6) is 0. The van der Waals surface area contributed by atoms with Gasteiger partial charge in [0.15, 0.2) is 0 Å². The van der Waals surface area contributed by atoms with E-state index in [1.54, 1.807) is 0 Å². The van der Waals surface area contributed by atoms with E-state index in [4.69, 9.17) is 0 Å². The molecule has 0 saturated carbocycles. The van der Waals surface area contributed by atoms with Gasteiger partial charge in [-0.1, -0.05) is 29.3 Å². The molecule has 0 aliphatic carbocycles. The lowest BCUT2D eigenvalue weighted by Gasteiger charge is -2.17. The Kier molecular flexibility index (Phi) is 3.18. The monoisotopic (exact) mass is 265 g/mol. The molecular weight excluding hydrogens is 246 g/mol. The van der Waals surface area contributed by atoms with Crippen LogP contribution in [0.15, 0.2) is 42.6 Å². The second kappa shape index (κ2) is 5.00. The number of rotatable bonds is 3. The standard InChI is InChI=1S/C17H19N3/c1-11-6-12(2)8-14(7-11)13(3)19-16-4-5-17-15(9-16)10-18-20-17/h4-10,13,19H,1-3H3,(H,18,20). The largest absolute Gasteiger partial charge is 0.379 e. The van der Waals surface area contributed by atoms with Crippen LogP contribution in [0.25, 0.3) is 10.9 Å². The van der Waals surface area contributed by atoms with Gasteiger partial charge in [0.05, 0.1) is 11.7 Å². The second-order valence-corrected chi connectivity index (χ2v) is 5.46. The number of fused-ring (bicyclic) bond motifs is 1. The topological polar surface area (TPSA) is 40.7 Å². The normalized spacial score (nSPS) is 12.6. The van der Waals surface area contributed by atoms with Crippen LogP contribution in [0.2, 0.25) is 0 Å². The highest BCUT2D eigenvalue weighted by Crippen LogP contribution is 2.23. The van der Waals surface area contributed by atoms with E-state index in [9.17, 15) is 0 Å². The number of nitrogens with one attached hydrogen (secondary N) is 2. The first-order valence-electron chi connectivity index (χ1n) is 6.90. The Morgan fingerprint density at radius 3 is 2.55 bits per heavy atom. The number of anilines is 1. The predicted molar refractivity (Wildman–Crippen MR) is 84.0 cm³/mol. The third-order valence-electron chi connectivity index (χ3n) is 3.57. The Hall–Kier alpha value is -2.29. The fourth-order valence-corrected chi connectivity index (χ4v) is 2.63. The summed E-state index contributed by atoms with van der Waals surface area (Å²) in [5, 5.41) is 11.7. The SMILES string of the molecule is Cc1cc(C)cc(C(C)Nc2ccc3[nH]ncc3c2)c1. The summed E-state index contributed by atoms with van der Waals surface area (Å²) in [7, 11) is 0. The minimum atomic E-state index is 0.276. The zero-order valence-corrected chi connectivity index (χ0v) is 12.1. The van der Waals surface area contributed by atoms with Gasteiger partial charge < -0.3 is 5.32 Å². The van der Waals surface area contributed by atoms with E-state index in [1.165, 1.54) is 16.7 Å². The maximum absolute atomic E-state index is 4.05. The minimum Gasteiger partial charge on any atom is -0.379 e. The highest BCUT2D eigenvalue weighted by molar-refractivity contribution is 5.81. The van der Waals surface area contributed by atoms with Gasteiger partial charge in [0.1, 0.15) is 0 Å². The Labute approximate surface area is 119 Å². The molecule has 2 aromatic carbocycles. The van der Waals surface area contributed by atoms with E-state index in [1.807, 2.05) is 6.20 Å². The summed E-state index contributed by atoms with van der Waals surface area (Å²) in [6.45, 7) is 6.47. The number of aromatic amines is 1. The molecule has 0 aliphatic rings. The van der Waals surface area contributed by atoms with Crippen LogP contribution in [-0.4, -0.2) is 10.2 Å². The minimum absolute atomic E-state index is 0.276. The highest BCUT2D eigenvalue weighted by Gasteiger charge is 2.07. The van der Waals surface area contributed by atoms with Gasteiger partial charge in [-0.25, -0.2) is 0 Å². The van der Waals surface area contributed by atoms with E-state index < -0.39 is 0 Å². The van der Waals surface area contributed by atoms with Crippen molar-refractivity contribution in [2.24, 2.45) is 0 Å². The molecule has 0 radical (unpaired) electrons. The first-order valence-corrected chi connectivity index (χ1v) is 6.90. The van der Waals surface area contributed by atoms with E-state index in [2.05, 4.69) is 72.7 Å². The molecule has 2 N–H and O–H groups in total. The Bertz CT molecular complexity index is 723. The summed E-state index contributed by atoms with van der Waals surface area (Å²) >= 11 is 0. The molecule has 0 amide bonds. The molecule has 0 fully saturated rings. The van der Waals surface area contributed by atoms with Gasteiger partial charge in [-0.15, -0.1) is 0 Å². The zero-order valence-electron chi connectivity index (χ0n) is 12.1. The maximum Gasteiger partial charge on any atom is 0.0651 e. The van der Waals surface area contributed by atoms with E-state index >= 15 is 0 Å². The predicted octanol–water partition coefficient (Wildman–Crippen LogP) is 4.35. The van der Waals surface area contributed by atoms with Crippen molar-refractivity contribution in [1.82, 2.24) is 10.2 Å². The Morgan fingerprint density at radius 2 is 1.80 bits per heavy atom. The lowest BCUT2D eigenvalue weighted by molar-refractivity contribution is 0.881. The number of aryl methyl sites for hydroxylation is 2. The van der Waals surface area contributed by atoms with Crippen LogP contribution in [0.4, 0.5) is 5.69 Å². The van der Waals surface area contributed by atoms with E-state index in [0.29, 0.717) is 0 Å². The third kappa shape index (κ3) is 2.52. The third-order valence-corrected chi connectivity index (χ3v) is 3.57. The van der Waals surface area contributed by atoms with Crippen LogP contribution < -0.4 is 5.32 Å². The summed E-state index contributed by atoms with van der Waals surface area (Å²) in [6, 6.07) is 13.2. The smallest absolute Gasteiger partial charge is 0.0651 e. The van der Waals surface area contributed by atoms with Crippen LogP contribution in [0.1, 0.15) is 29.7 Å². The van der Waals surface area contributed by atoms with Crippen molar-refractivity contribution < 1.29 is 0 Å². The molecule has 3 nitrogen and oxygen atoms in total. The van der Waals surface area contributed by atoms with Gasteiger partial charge in [0, 0.05) is 17.1 Å². The van der Waals surface area contributed by atoms with Crippen molar-refractivity contribution in [3.63, 3.8) is 0 Å². The Morgan fingerprint density at radius 1 is 1.05 bits per heavy atom. The number of aromatic nitrogens is 2. The summed E-state index contributed by atoms with van der Waals surface area (Å²) in [5.41, 5.74) is 6.10. The fraction of sp³-hybridized carbons (Fsp3) is 0.235. The molecule has 0 spiro atoms. The van der Waals surface area contributed by atoms with Crippen LogP contribution in [0.5, 0.6) is 0 Å². The van der Waals surface area contributed by atoms with Crippen LogP contribution in [0.3, 0.4) is 0 Å². The van der Waals surface area contributed by atoms with Crippen molar-refractivity contribution in [1.29, 1.82) is 0 Å². The van der Waals surface area contributed by atoms with Crippen molar-refractivity contribution in [2.45, 2.75) is 26.8 Å². The van der Waals surface area contributed by atoms with Crippen LogP contribution in [0, 0.1) is 13.8 Å². The molecule has 1 unspecified atom stereocenters. The average molecular weight is 265 g/mol. The summed E-state index contributed by atoms with van der Waals surface area (Å²) in [6.07, 6.45) is 1.85. The number of benzene rings is 2. The molecule has 3 heteroatoms. The molecule has 0 bridgehead atoms. The highest BCUT2D eigenvalue weighted by atomic mass is 15.1. The van der Waals surface area contributed by atoms with Gasteiger partial charge in [-0.05, 0) is 44.5 Å². The van der Waals surface area contributed by atoms with Crippen molar-refractivity contribution in [2.75, 3.05) is 5.32 Å². The zero-order chi connectivity index (χ0) is 14.1. The van der Waals surface area contributed by atoms with Crippen molar-refractivity contribution >= 4 is 16.6 Å². The average Bonchev–Trinajstić information content (AvgIpc) is 2.85. The molecule has 1 aromatic heterocycles. The fourth-order valence-electron chi connectivity index (χ4n) is 2.63. The second-order valence-electron chi connectivity index (χ2n) is 5.46. The van der Waals surface area contributed by atoms with Crippen molar-refractivity contribution in [3.05, 3.63) is 59.3 Å². The first kappa shape index (κ1) is 12.7. The van der Waals surface area contributed by atoms with Gasteiger partial charge in [0.25, 0.3) is 0 Å². The molecule has 102 valence electrons. The van der Waals surface area contributed by atoms with Gasteiger partial charge in [0.2, 0.25) is 0 Å². The van der Waals surface area contributed by atoms with Crippen molar-refractivity contribution in [3.8, 4) is 0 Å². The van der Waals surface area contributed by atoms with Gasteiger partial charge in [-0.2, -0.15) is 5.10 Å². The van der Waals surface area contributed by atoms with E-state index in [0.717, 1.165) is 16.6 Å². The van der Waals surface area contributed by atoms with Gasteiger partial charge in [-0.3, -0.25) is 5.10 Å². The molecule has 1 heterocycles. The molecule has 3 rings (SSSR count). The molecule has 3 aromatic rings. The number of hydrogen-bond acceptors (Lipinski definition) is 2. The lowest BCUT2D eigenvalue weighted by Crippen LogP contribution is -2.07. The lowest BCUT2D eigenvalue weighted by atomic mass is 10.0. The molecule has 0 aliphatic heterocycles. The quantitative estimate of drug-likeness (QED) is 0.739. The van der Waals surface area contributed by atoms with Gasteiger partial charge >= 0.3 is 0 Å². The van der Waals surface area contributed by atoms with Crippen LogP contribution >= 0.6 is 0 Å².